The second-order valence-corrected chi connectivity index (χ2v) is 9.93. The lowest BCUT2D eigenvalue weighted by molar-refractivity contribution is -0.274. The number of ether oxygens (including phenoxy) is 1. The maximum absolute atomic E-state index is 13.1. The van der Waals surface area contributed by atoms with E-state index in [4.69, 9.17) is 0 Å². The third-order valence-electron chi connectivity index (χ3n) is 5.33. The molecule has 1 aliphatic heterocycles. The van der Waals surface area contributed by atoms with Gasteiger partial charge in [0.15, 0.2) is 0 Å². The highest BCUT2D eigenvalue weighted by atomic mass is 32.2. The van der Waals surface area contributed by atoms with Crippen molar-refractivity contribution in [2.24, 2.45) is 5.10 Å². The van der Waals surface area contributed by atoms with E-state index in [2.05, 4.69) is 19.8 Å². The van der Waals surface area contributed by atoms with Crippen LogP contribution in [0.3, 0.4) is 0 Å². The molecule has 2 amide bonds. The summed E-state index contributed by atoms with van der Waals surface area (Å²) in [6.07, 6.45) is -1.41. The number of aromatic nitrogens is 2. The minimum atomic E-state index is -4.83. The summed E-state index contributed by atoms with van der Waals surface area (Å²) in [5.74, 6) is -1.78. The van der Waals surface area contributed by atoms with Crippen LogP contribution in [0.1, 0.15) is 36.4 Å². The van der Waals surface area contributed by atoms with Gasteiger partial charge in [0.05, 0.1) is 29.0 Å². The van der Waals surface area contributed by atoms with Crippen LogP contribution >= 0.6 is 0 Å². The molecule has 0 radical (unpaired) electrons. The second-order valence-electron chi connectivity index (χ2n) is 8.18. The van der Waals surface area contributed by atoms with E-state index >= 15 is 0 Å². The van der Waals surface area contributed by atoms with E-state index in [1.165, 1.54) is 23.3 Å². The highest BCUT2D eigenvalue weighted by Gasteiger charge is 2.34. The van der Waals surface area contributed by atoms with Gasteiger partial charge in [-0.3, -0.25) is 24.3 Å². The number of nitrogens with zero attached hydrogens (tertiary/aromatic N) is 4. The number of hydrazone groups is 1. The van der Waals surface area contributed by atoms with Crippen molar-refractivity contribution < 1.29 is 35.9 Å². The minimum absolute atomic E-state index is 0.229. The van der Waals surface area contributed by atoms with Gasteiger partial charge < -0.3 is 4.74 Å². The summed E-state index contributed by atoms with van der Waals surface area (Å²) in [7, 11) is -3.77. The Morgan fingerprint density at radius 2 is 1.73 bits per heavy atom. The van der Waals surface area contributed by atoms with Crippen LogP contribution in [0.5, 0.6) is 5.75 Å². The molecule has 0 aliphatic carbocycles. The lowest BCUT2D eigenvalue weighted by Gasteiger charge is -2.22. The summed E-state index contributed by atoms with van der Waals surface area (Å²) in [6.45, 7) is 0. The molecule has 14 heteroatoms. The maximum Gasteiger partial charge on any atom is 0.573 e. The van der Waals surface area contributed by atoms with Crippen molar-refractivity contribution in [1.82, 2.24) is 19.7 Å². The number of hydrogen-bond donors (Lipinski definition) is 1. The molecule has 2 aromatic carbocycles. The standard InChI is InChI=1S/C23H20F3N5O5S/c1-37(34,35)30-21(32)8-9-22(33)31-20(15-4-7-17-19(12-15)28-11-10-27-17)13-18(29-31)14-2-5-16(6-3-14)36-23(24,25)26/h2-7,10-12,20H,8-9,13H2,1H3,(H,30,32). The van der Waals surface area contributed by atoms with Gasteiger partial charge in [0, 0.05) is 31.7 Å². The second kappa shape index (κ2) is 10.1. The molecule has 1 unspecified atom stereocenters. The van der Waals surface area contributed by atoms with Crippen LogP contribution in [0.2, 0.25) is 0 Å². The summed E-state index contributed by atoms with van der Waals surface area (Å²) < 4.78 is 65.7. The summed E-state index contributed by atoms with van der Waals surface area (Å²) >= 11 is 0. The van der Waals surface area contributed by atoms with E-state index in [0.717, 1.165) is 18.4 Å². The number of sulfonamides is 1. The molecule has 0 spiro atoms. The molecule has 1 atom stereocenters. The average Bonchev–Trinajstić information content (AvgIpc) is 3.26. The number of carbonyl (C=O) groups excluding carboxylic acids is 2. The van der Waals surface area contributed by atoms with Gasteiger partial charge in [-0.2, -0.15) is 5.10 Å². The SMILES string of the molecule is CS(=O)(=O)NC(=O)CCC(=O)N1N=C(c2ccc(OC(F)(F)F)cc2)CC1c1ccc2nccnc2c1. The molecular formula is C23H20F3N5O5S. The molecule has 3 aromatic rings. The molecule has 4 rings (SSSR count). The van der Waals surface area contributed by atoms with Gasteiger partial charge in [-0.05, 0) is 47.5 Å². The van der Waals surface area contributed by atoms with Crippen molar-refractivity contribution in [3.63, 3.8) is 0 Å². The van der Waals surface area contributed by atoms with Crippen molar-refractivity contribution in [1.29, 1.82) is 0 Å². The number of alkyl halides is 3. The van der Waals surface area contributed by atoms with Crippen molar-refractivity contribution in [3.8, 4) is 5.75 Å². The van der Waals surface area contributed by atoms with Crippen molar-refractivity contribution in [2.45, 2.75) is 31.7 Å². The average molecular weight is 536 g/mol. The van der Waals surface area contributed by atoms with E-state index in [0.29, 0.717) is 27.9 Å². The Hall–Kier alpha value is -4.07. The molecule has 2 heterocycles. The predicted octanol–water partition coefficient (Wildman–Crippen LogP) is 3.06. The summed E-state index contributed by atoms with van der Waals surface area (Å²) in [5, 5.41) is 5.60. The number of carbonyl (C=O) groups is 2. The zero-order chi connectivity index (χ0) is 26.8. The molecule has 37 heavy (non-hydrogen) atoms. The van der Waals surface area contributed by atoms with Crippen LogP contribution in [-0.2, 0) is 19.6 Å². The van der Waals surface area contributed by atoms with Gasteiger partial charge in [0.2, 0.25) is 21.8 Å². The topological polar surface area (TPSA) is 131 Å². The molecule has 1 aromatic heterocycles. The van der Waals surface area contributed by atoms with Crippen LogP contribution < -0.4 is 9.46 Å². The fraction of sp³-hybridized carbons (Fsp3) is 0.261. The van der Waals surface area contributed by atoms with Crippen LogP contribution in [0.25, 0.3) is 11.0 Å². The van der Waals surface area contributed by atoms with E-state index in [9.17, 15) is 31.2 Å². The Labute approximate surface area is 209 Å². The number of nitrogens with one attached hydrogen (secondary N) is 1. The smallest absolute Gasteiger partial charge is 0.406 e. The first-order valence-corrected chi connectivity index (χ1v) is 12.7. The molecule has 0 fully saturated rings. The van der Waals surface area contributed by atoms with E-state index in [-0.39, 0.29) is 19.3 Å². The molecule has 0 saturated heterocycles. The fourth-order valence-corrected chi connectivity index (χ4v) is 4.32. The van der Waals surface area contributed by atoms with Crippen molar-refractivity contribution >= 4 is 38.6 Å². The molecule has 1 aliphatic rings. The van der Waals surface area contributed by atoms with Crippen molar-refractivity contribution in [2.75, 3.05) is 6.26 Å². The number of amides is 2. The third-order valence-corrected chi connectivity index (χ3v) is 5.93. The first-order chi connectivity index (χ1) is 17.4. The summed E-state index contributed by atoms with van der Waals surface area (Å²) in [5.41, 5.74) is 2.81. The molecule has 0 bridgehead atoms. The Balaban J connectivity index is 1.60. The fourth-order valence-electron chi connectivity index (χ4n) is 3.80. The predicted molar refractivity (Wildman–Crippen MR) is 126 cm³/mol. The van der Waals surface area contributed by atoms with Crippen LogP contribution in [0, 0.1) is 0 Å². The monoisotopic (exact) mass is 535 g/mol. The number of benzene rings is 2. The van der Waals surface area contributed by atoms with Gasteiger partial charge in [0.25, 0.3) is 0 Å². The van der Waals surface area contributed by atoms with Gasteiger partial charge in [-0.25, -0.2) is 13.4 Å². The zero-order valence-electron chi connectivity index (χ0n) is 19.3. The van der Waals surface area contributed by atoms with Gasteiger partial charge in [0.1, 0.15) is 5.75 Å². The van der Waals surface area contributed by atoms with Gasteiger partial charge in [-0.15, -0.1) is 13.2 Å². The minimum Gasteiger partial charge on any atom is -0.406 e. The highest BCUT2D eigenvalue weighted by molar-refractivity contribution is 7.89. The maximum atomic E-state index is 13.1. The van der Waals surface area contributed by atoms with Crippen LogP contribution in [-0.4, -0.2) is 53.5 Å². The van der Waals surface area contributed by atoms with Crippen LogP contribution in [0.15, 0.2) is 60.0 Å². The first-order valence-electron chi connectivity index (χ1n) is 10.8. The Morgan fingerprint density at radius 3 is 2.38 bits per heavy atom. The Kier molecular flexibility index (Phi) is 7.12. The van der Waals surface area contributed by atoms with Crippen molar-refractivity contribution in [3.05, 3.63) is 66.0 Å². The number of halogens is 3. The van der Waals surface area contributed by atoms with Gasteiger partial charge >= 0.3 is 6.36 Å². The molecular weight excluding hydrogens is 515 g/mol. The highest BCUT2D eigenvalue weighted by Crippen LogP contribution is 2.35. The molecule has 194 valence electrons. The third kappa shape index (κ3) is 6.78. The lowest BCUT2D eigenvalue weighted by atomic mass is 9.97. The number of hydrogen-bond acceptors (Lipinski definition) is 8. The first kappa shape index (κ1) is 26.0. The normalized spacial score (nSPS) is 15.9. The zero-order valence-corrected chi connectivity index (χ0v) is 20.1. The Bertz CT molecular complexity index is 1480. The Morgan fingerprint density at radius 1 is 1.05 bits per heavy atom. The summed E-state index contributed by atoms with van der Waals surface area (Å²) in [4.78, 5) is 33.4. The van der Waals surface area contributed by atoms with Crippen LogP contribution in [0.4, 0.5) is 13.2 Å². The summed E-state index contributed by atoms with van der Waals surface area (Å²) in [6, 6.07) is 9.74. The van der Waals surface area contributed by atoms with Gasteiger partial charge in [-0.1, -0.05) is 6.07 Å². The number of fused-ring (bicyclic) bond motifs is 1. The van der Waals surface area contributed by atoms with E-state index in [1.54, 1.807) is 29.1 Å². The molecule has 10 nitrogen and oxygen atoms in total. The van der Waals surface area contributed by atoms with E-state index < -0.39 is 40.0 Å². The molecule has 0 saturated carbocycles. The quantitative estimate of drug-likeness (QED) is 0.492. The number of rotatable bonds is 7. The molecule has 1 N–H and O–H groups in total. The largest absolute Gasteiger partial charge is 0.573 e. The van der Waals surface area contributed by atoms with E-state index in [1.807, 2.05) is 0 Å². The lowest BCUT2D eigenvalue weighted by Crippen LogP contribution is -2.32.